The van der Waals surface area contributed by atoms with Crippen LogP contribution >= 0.6 is 0 Å². The van der Waals surface area contributed by atoms with E-state index in [4.69, 9.17) is 9.15 Å². The topological polar surface area (TPSA) is 35.3 Å². The van der Waals surface area contributed by atoms with Crippen LogP contribution < -0.4 is 0 Å². The number of nitrogens with zero attached hydrogens (tertiary/aromatic N) is 1. The fourth-order valence-corrected chi connectivity index (χ4v) is 3.94. The zero-order chi connectivity index (χ0) is 13.0. The molecule has 3 nitrogen and oxygen atoms in total. The molecule has 0 radical (unpaired) electrons. The molecule has 1 aromatic rings. The molecule has 0 amide bonds. The molecule has 1 aliphatic heterocycles. The first kappa shape index (κ1) is 13.2. The summed E-state index contributed by atoms with van der Waals surface area (Å²) in [4.78, 5) is 4.51. The average molecular weight is 263 g/mol. The first-order valence-electron chi connectivity index (χ1n) is 7.89. The predicted molar refractivity (Wildman–Crippen MR) is 74.0 cm³/mol. The third kappa shape index (κ3) is 2.71. The minimum Gasteiger partial charge on any atom is -0.448 e. The average Bonchev–Trinajstić information content (AvgIpc) is 2.70. The standard InChI is InChI=1S/C16H25NO2/c1-2-4-8-14(7-3-1)16(15-17-10-12-19-15)9-5-6-11-18-13-16/h10,12,14H,1-9,11,13H2. The van der Waals surface area contributed by atoms with Crippen LogP contribution in [0.25, 0.3) is 0 Å². The maximum Gasteiger partial charge on any atom is 0.202 e. The fourth-order valence-electron chi connectivity index (χ4n) is 3.94. The summed E-state index contributed by atoms with van der Waals surface area (Å²) in [6.45, 7) is 1.70. The lowest BCUT2D eigenvalue weighted by molar-refractivity contribution is 0.0492. The number of hydrogen-bond donors (Lipinski definition) is 0. The van der Waals surface area contributed by atoms with Gasteiger partial charge in [-0.05, 0) is 38.0 Å². The van der Waals surface area contributed by atoms with Crippen LogP contribution in [0.15, 0.2) is 16.9 Å². The van der Waals surface area contributed by atoms with Crippen molar-refractivity contribution in [1.82, 2.24) is 4.98 Å². The minimum atomic E-state index is 0.0460. The molecule has 106 valence electrons. The highest BCUT2D eigenvalue weighted by Gasteiger charge is 2.44. The quantitative estimate of drug-likeness (QED) is 0.754. The maximum absolute atomic E-state index is 5.93. The van der Waals surface area contributed by atoms with E-state index in [2.05, 4.69) is 4.98 Å². The van der Waals surface area contributed by atoms with Gasteiger partial charge in [0.2, 0.25) is 5.89 Å². The molecule has 1 unspecified atom stereocenters. The molecule has 2 fully saturated rings. The Morgan fingerprint density at radius 3 is 2.63 bits per heavy atom. The third-order valence-electron chi connectivity index (χ3n) is 5.02. The van der Waals surface area contributed by atoms with Gasteiger partial charge >= 0.3 is 0 Å². The molecule has 0 spiro atoms. The van der Waals surface area contributed by atoms with Gasteiger partial charge in [0.15, 0.2) is 0 Å². The number of hydrogen-bond acceptors (Lipinski definition) is 3. The Kier molecular flexibility index (Phi) is 4.21. The first-order valence-corrected chi connectivity index (χ1v) is 7.89. The van der Waals surface area contributed by atoms with E-state index in [9.17, 15) is 0 Å². The molecular formula is C16H25NO2. The highest BCUT2D eigenvalue weighted by Crippen LogP contribution is 2.44. The van der Waals surface area contributed by atoms with E-state index in [1.165, 1.54) is 57.8 Å². The molecule has 0 N–H and O–H groups in total. The van der Waals surface area contributed by atoms with E-state index < -0.39 is 0 Å². The highest BCUT2D eigenvalue weighted by molar-refractivity contribution is 5.09. The molecule has 1 aromatic heterocycles. The van der Waals surface area contributed by atoms with Crippen LogP contribution in [0.1, 0.15) is 63.7 Å². The monoisotopic (exact) mass is 263 g/mol. The molecule has 3 rings (SSSR count). The van der Waals surface area contributed by atoms with Gasteiger partial charge in [-0.15, -0.1) is 0 Å². The molecule has 0 bridgehead atoms. The van der Waals surface area contributed by atoms with Gasteiger partial charge in [-0.25, -0.2) is 4.98 Å². The van der Waals surface area contributed by atoms with E-state index in [-0.39, 0.29) is 5.41 Å². The molecular weight excluding hydrogens is 238 g/mol. The lowest BCUT2D eigenvalue weighted by Crippen LogP contribution is -2.39. The Labute approximate surface area is 115 Å². The largest absolute Gasteiger partial charge is 0.448 e. The van der Waals surface area contributed by atoms with Crippen molar-refractivity contribution < 1.29 is 9.15 Å². The second kappa shape index (κ2) is 6.08. The summed E-state index contributed by atoms with van der Waals surface area (Å²) < 4.78 is 11.7. The highest BCUT2D eigenvalue weighted by atomic mass is 16.5. The predicted octanol–water partition coefficient (Wildman–Crippen LogP) is 4.08. The second-order valence-corrected chi connectivity index (χ2v) is 6.19. The van der Waals surface area contributed by atoms with E-state index in [1.807, 2.05) is 0 Å². The van der Waals surface area contributed by atoms with Gasteiger partial charge < -0.3 is 9.15 Å². The number of aromatic nitrogens is 1. The first-order chi connectivity index (χ1) is 9.42. The van der Waals surface area contributed by atoms with E-state index in [0.717, 1.165) is 19.1 Å². The Hall–Kier alpha value is -0.830. The van der Waals surface area contributed by atoms with Crippen molar-refractivity contribution >= 4 is 0 Å². The van der Waals surface area contributed by atoms with Crippen LogP contribution in [0.3, 0.4) is 0 Å². The zero-order valence-electron chi connectivity index (χ0n) is 11.8. The Morgan fingerprint density at radius 1 is 1.05 bits per heavy atom. The summed E-state index contributed by atoms with van der Waals surface area (Å²) in [5.41, 5.74) is 0.0460. The van der Waals surface area contributed by atoms with Gasteiger partial charge in [-0.2, -0.15) is 0 Å². The molecule has 2 heterocycles. The van der Waals surface area contributed by atoms with Crippen molar-refractivity contribution in [3.63, 3.8) is 0 Å². The SMILES string of the molecule is c1coc(C2(C3CCCCCC3)CCCCOC2)n1. The van der Waals surface area contributed by atoms with Crippen molar-refractivity contribution in [1.29, 1.82) is 0 Å². The summed E-state index contributed by atoms with van der Waals surface area (Å²) in [6, 6.07) is 0. The van der Waals surface area contributed by atoms with Crippen molar-refractivity contribution in [2.24, 2.45) is 5.92 Å². The Bertz CT molecular complexity index is 358. The molecule has 2 aliphatic rings. The number of rotatable bonds is 2. The summed E-state index contributed by atoms with van der Waals surface area (Å²) in [5.74, 6) is 1.62. The summed E-state index contributed by atoms with van der Waals surface area (Å²) >= 11 is 0. The van der Waals surface area contributed by atoms with Crippen molar-refractivity contribution in [3.8, 4) is 0 Å². The van der Waals surface area contributed by atoms with Crippen molar-refractivity contribution in [2.75, 3.05) is 13.2 Å². The van der Waals surface area contributed by atoms with Gasteiger partial charge in [0.05, 0.1) is 18.2 Å². The molecule has 1 saturated carbocycles. The lowest BCUT2D eigenvalue weighted by atomic mass is 9.69. The molecule has 3 heteroatoms. The van der Waals surface area contributed by atoms with Gasteiger partial charge in [-0.3, -0.25) is 0 Å². The molecule has 0 aromatic carbocycles. The molecule has 1 atom stereocenters. The normalized spacial score (nSPS) is 30.7. The van der Waals surface area contributed by atoms with Crippen molar-refractivity contribution in [3.05, 3.63) is 18.4 Å². The van der Waals surface area contributed by atoms with Gasteiger partial charge in [0, 0.05) is 6.61 Å². The van der Waals surface area contributed by atoms with Crippen LogP contribution in [-0.4, -0.2) is 18.2 Å². The third-order valence-corrected chi connectivity index (χ3v) is 5.02. The second-order valence-electron chi connectivity index (χ2n) is 6.19. The maximum atomic E-state index is 5.93. The summed E-state index contributed by atoms with van der Waals surface area (Å²) in [7, 11) is 0. The summed E-state index contributed by atoms with van der Waals surface area (Å²) in [6.07, 6.45) is 15.2. The van der Waals surface area contributed by atoms with Crippen LogP contribution in [0.5, 0.6) is 0 Å². The lowest BCUT2D eigenvalue weighted by Gasteiger charge is -2.37. The Morgan fingerprint density at radius 2 is 1.89 bits per heavy atom. The minimum absolute atomic E-state index is 0.0460. The van der Waals surface area contributed by atoms with Gasteiger partial charge in [0.25, 0.3) is 0 Å². The van der Waals surface area contributed by atoms with Crippen LogP contribution in [0, 0.1) is 5.92 Å². The van der Waals surface area contributed by atoms with Crippen LogP contribution in [-0.2, 0) is 10.2 Å². The Balaban J connectivity index is 1.90. The van der Waals surface area contributed by atoms with Crippen LogP contribution in [0.2, 0.25) is 0 Å². The summed E-state index contributed by atoms with van der Waals surface area (Å²) in [5, 5.41) is 0. The fraction of sp³-hybridized carbons (Fsp3) is 0.812. The van der Waals surface area contributed by atoms with Gasteiger partial charge in [-0.1, -0.05) is 25.7 Å². The van der Waals surface area contributed by atoms with Crippen molar-refractivity contribution in [2.45, 2.75) is 63.2 Å². The zero-order valence-corrected chi connectivity index (χ0v) is 11.8. The number of ether oxygens (including phenoxy) is 1. The van der Waals surface area contributed by atoms with Gasteiger partial charge in [0.1, 0.15) is 6.26 Å². The van der Waals surface area contributed by atoms with E-state index in [1.54, 1.807) is 12.5 Å². The number of oxazole rings is 1. The molecule has 1 saturated heterocycles. The van der Waals surface area contributed by atoms with Crippen LogP contribution in [0.4, 0.5) is 0 Å². The van der Waals surface area contributed by atoms with E-state index in [0.29, 0.717) is 5.92 Å². The molecule has 19 heavy (non-hydrogen) atoms. The van der Waals surface area contributed by atoms with E-state index >= 15 is 0 Å². The molecule has 1 aliphatic carbocycles. The smallest absolute Gasteiger partial charge is 0.202 e.